The molecule has 2 amide bonds. The summed E-state index contributed by atoms with van der Waals surface area (Å²) in [7, 11) is 0. The molecule has 0 heterocycles. The molecule has 4 nitrogen and oxygen atoms in total. The van der Waals surface area contributed by atoms with Gasteiger partial charge >= 0.3 is 0 Å². The second-order valence-corrected chi connectivity index (χ2v) is 6.98. The molecule has 0 aromatic heterocycles. The smallest absolute Gasteiger partial charge is 0.252 e. The molecule has 0 saturated carbocycles. The van der Waals surface area contributed by atoms with Gasteiger partial charge in [0.15, 0.2) is 0 Å². The lowest BCUT2D eigenvalue weighted by atomic mass is 10.2. The van der Waals surface area contributed by atoms with Gasteiger partial charge in [0.1, 0.15) is 0 Å². The topological polar surface area (TPSA) is 58.2 Å². The van der Waals surface area contributed by atoms with Crippen LogP contribution < -0.4 is 10.6 Å². The minimum absolute atomic E-state index is 0.118. The van der Waals surface area contributed by atoms with E-state index in [1.165, 1.54) is 11.8 Å². The molecule has 2 aromatic carbocycles. The molecule has 0 bridgehead atoms. The molecule has 0 fully saturated rings. The molecule has 0 unspecified atom stereocenters. The Morgan fingerprint density at radius 1 is 1.16 bits per heavy atom. The highest BCUT2D eigenvalue weighted by Crippen LogP contribution is 2.23. The monoisotopic (exact) mass is 376 g/mol. The summed E-state index contributed by atoms with van der Waals surface area (Å²) in [5.74, 6) is -0.0198. The number of aryl methyl sites for hydroxylation is 1. The van der Waals surface area contributed by atoms with Gasteiger partial charge in [-0.25, -0.2) is 0 Å². The van der Waals surface area contributed by atoms with Gasteiger partial charge in [0.2, 0.25) is 5.91 Å². The Morgan fingerprint density at radius 2 is 1.92 bits per heavy atom. The molecule has 0 aliphatic heterocycles. The van der Waals surface area contributed by atoms with Crippen molar-refractivity contribution < 1.29 is 9.59 Å². The maximum Gasteiger partial charge on any atom is 0.252 e. The van der Waals surface area contributed by atoms with E-state index < -0.39 is 0 Å². The van der Waals surface area contributed by atoms with Crippen molar-refractivity contribution in [3.8, 4) is 0 Å². The first-order valence-corrected chi connectivity index (χ1v) is 9.43. The van der Waals surface area contributed by atoms with Crippen LogP contribution in [0.15, 0.2) is 47.4 Å². The molecule has 2 N–H and O–H groups in total. The number of hydrogen-bond acceptors (Lipinski definition) is 3. The van der Waals surface area contributed by atoms with Crippen molar-refractivity contribution in [1.82, 2.24) is 5.32 Å². The molecule has 0 aliphatic carbocycles. The Kier molecular flexibility index (Phi) is 7.34. The molecule has 0 saturated heterocycles. The van der Waals surface area contributed by atoms with Crippen molar-refractivity contribution in [3.63, 3.8) is 0 Å². The Balaban J connectivity index is 1.94. The second-order valence-electron chi connectivity index (χ2n) is 5.55. The summed E-state index contributed by atoms with van der Waals surface area (Å²) < 4.78 is 0. The minimum Gasteiger partial charge on any atom is -0.352 e. The summed E-state index contributed by atoms with van der Waals surface area (Å²) in [5.41, 5.74) is 2.13. The summed E-state index contributed by atoms with van der Waals surface area (Å²) in [6, 6.07) is 12.8. The second kappa shape index (κ2) is 9.49. The first-order chi connectivity index (χ1) is 12.0. The lowest BCUT2D eigenvalue weighted by Gasteiger charge is -2.09. The molecule has 0 aliphatic rings. The van der Waals surface area contributed by atoms with Gasteiger partial charge in [0.05, 0.1) is 16.3 Å². The number of carbonyl (C=O) groups excluding carboxylic acids is 2. The first-order valence-electron chi connectivity index (χ1n) is 8.07. The zero-order chi connectivity index (χ0) is 18.2. The van der Waals surface area contributed by atoms with Crippen LogP contribution in [0, 0.1) is 6.92 Å². The van der Waals surface area contributed by atoms with Gasteiger partial charge in [0.25, 0.3) is 5.91 Å². The molecule has 2 rings (SSSR count). The highest BCUT2D eigenvalue weighted by molar-refractivity contribution is 8.00. The molecule has 0 spiro atoms. The van der Waals surface area contributed by atoms with Crippen LogP contribution in [0.1, 0.15) is 29.3 Å². The van der Waals surface area contributed by atoms with Gasteiger partial charge in [0, 0.05) is 17.1 Å². The third-order valence-electron chi connectivity index (χ3n) is 3.49. The van der Waals surface area contributed by atoms with Crippen LogP contribution in [-0.2, 0) is 4.79 Å². The van der Waals surface area contributed by atoms with Gasteiger partial charge in [-0.05, 0) is 43.2 Å². The lowest BCUT2D eigenvalue weighted by Crippen LogP contribution is -2.24. The van der Waals surface area contributed by atoms with Crippen molar-refractivity contribution in [2.45, 2.75) is 25.2 Å². The maximum atomic E-state index is 12.1. The zero-order valence-corrected chi connectivity index (χ0v) is 15.8. The Hall–Kier alpha value is -1.98. The van der Waals surface area contributed by atoms with Crippen molar-refractivity contribution in [3.05, 3.63) is 58.6 Å². The van der Waals surface area contributed by atoms with Gasteiger partial charge in [-0.2, -0.15) is 0 Å². The van der Waals surface area contributed by atoms with Crippen LogP contribution in [0.25, 0.3) is 0 Å². The van der Waals surface area contributed by atoms with Crippen molar-refractivity contribution in [2.24, 2.45) is 0 Å². The number of nitrogens with one attached hydrogen (secondary N) is 2. The largest absolute Gasteiger partial charge is 0.352 e. The molecular weight excluding hydrogens is 356 g/mol. The fourth-order valence-corrected chi connectivity index (χ4v) is 3.27. The maximum absolute atomic E-state index is 12.1. The summed E-state index contributed by atoms with van der Waals surface area (Å²) in [6.45, 7) is 4.60. The van der Waals surface area contributed by atoms with Gasteiger partial charge in [-0.1, -0.05) is 36.7 Å². The van der Waals surface area contributed by atoms with Crippen LogP contribution >= 0.6 is 23.4 Å². The molecule has 0 radical (unpaired) electrons. The number of rotatable bonds is 7. The minimum atomic E-state index is -0.208. The standard InChI is InChI=1S/C19H21ClN2O2S/c1-3-10-21-19(24)15-9-8-14(11-16(15)20)22-18(23)12-25-17-7-5-4-6-13(17)2/h4-9,11H,3,10,12H2,1-2H3,(H,21,24)(H,22,23). The molecule has 25 heavy (non-hydrogen) atoms. The first kappa shape index (κ1) is 19.3. The average Bonchev–Trinajstić information content (AvgIpc) is 2.59. The number of hydrogen-bond donors (Lipinski definition) is 2. The third-order valence-corrected chi connectivity index (χ3v) is 4.97. The number of thioether (sulfide) groups is 1. The van der Waals surface area contributed by atoms with E-state index in [-0.39, 0.29) is 11.8 Å². The van der Waals surface area contributed by atoms with E-state index in [1.54, 1.807) is 18.2 Å². The van der Waals surface area contributed by atoms with E-state index in [2.05, 4.69) is 10.6 Å². The van der Waals surface area contributed by atoms with E-state index in [4.69, 9.17) is 11.6 Å². The lowest BCUT2D eigenvalue weighted by molar-refractivity contribution is -0.113. The summed E-state index contributed by atoms with van der Waals surface area (Å²) in [4.78, 5) is 25.2. The third kappa shape index (κ3) is 5.80. The van der Waals surface area contributed by atoms with Gasteiger partial charge in [-0.3, -0.25) is 9.59 Å². The Labute approximate surface area is 157 Å². The molecule has 0 atom stereocenters. The summed E-state index contributed by atoms with van der Waals surface area (Å²) in [5, 5.41) is 5.90. The fourth-order valence-electron chi connectivity index (χ4n) is 2.17. The summed E-state index contributed by atoms with van der Waals surface area (Å²) >= 11 is 7.65. The van der Waals surface area contributed by atoms with Gasteiger partial charge < -0.3 is 10.6 Å². The van der Waals surface area contributed by atoms with Crippen molar-refractivity contribution in [2.75, 3.05) is 17.6 Å². The van der Waals surface area contributed by atoms with E-state index in [0.717, 1.165) is 16.9 Å². The molecule has 132 valence electrons. The van der Waals surface area contributed by atoms with Crippen molar-refractivity contribution in [1.29, 1.82) is 0 Å². The van der Waals surface area contributed by atoms with Crippen LogP contribution in [0.3, 0.4) is 0 Å². The number of amides is 2. The van der Waals surface area contributed by atoms with E-state index >= 15 is 0 Å². The highest BCUT2D eigenvalue weighted by atomic mass is 35.5. The molecular formula is C19H21ClN2O2S. The van der Waals surface area contributed by atoms with E-state index in [0.29, 0.717) is 28.6 Å². The number of carbonyl (C=O) groups is 2. The number of halogens is 1. The zero-order valence-electron chi connectivity index (χ0n) is 14.3. The average molecular weight is 377 g/mol. The van der Waals surface area contributed by atoms with Crippen LogP contribution in [0.2, 0.25) is 5.02 Å². The predicted molar refractivity (Wildman–Crippen MR) is 105 cm³/mol. The van der Waals surface area contributed by atoms with E-state index in [9.17, 15) is 9.59 Å². The number of benzene rings is 2. The fraction of sp³-hybridized carbons (Fsp3) is 0.263. The SMILES string of the molecule is CCCNC(=O)c1ccc(NC(=O)CSc2ccccc2C)cc1Cl. The normalized spacial score (nSPS) is 10.4. The van der Waals surface area contributed by atoms with Crippen LogP contribution in [0.4, 0.5) is 5.69 Å². The predicted octanol–water partition coefficient (Wildman–Crippen LogP) is 4.52. The van der Waals surface area contributed by atoms with Crippen molar-refractivity contribution >= 4 is 40.9 Å². The molecule has 2 aromatic rings. The molecule has 6 heteroatoms. The summed E-state index contributed by atoms with van der Waals surface area (Å²) in [6.07, 6.45) is 0.857. The highest BCUT2D eigenvalue weighted by Gasteiger charge is 2.11. The van der Waals surface area contributed by atoms with Crippen LogP contribution in [-0.4, -0.2) is 24.1 Å². The van der Waals surface area contributed by atoms with Gasteiger partial charge in [-0.15, -0.1) is 11.8 Å². The quantitative estimate of drug-likeness (QED) is 0.698. The number of anilines is 1. The van der Waals surface area contributed by atoms with E-state index in [1.807, 2.05) is 38.1 Å². The Morgan fingerprint density at radius 3 is 2.60 bits per heavy atom. The Bertz CT molecular complexity index is 765. The van der Waals surface area contributed by atoms with Crippen LogP contribution in [0.5, 0.6) is 0 Å².